The van der Waals surface area contributed by atoms with E-state index in [1.54, 1.807) is 0 Å². The number of allylic oxidation sites excluding steroid dienone is 1. The van der Waals surface area contributed by atoms with Crippen LogP contribution in [0.1, 0.15) is 37.0 Å². The first-order chi connectivity index (χ1) is 7.00. The smallest absolute Gasteiger partial charge is 0.0796 e. The Morgan fingerprint density at radius 1 is 1.53 bits per heavy atom. The SMILES string of the molecule is C=C(C)CCC(O)c1cc(Cl)ccc1C. The summed E-state index contributed by atoms with van der Waals surface area (Å²) in [5.74, 6) is 0. The highest BCUT2D eigenvalue weighted by Gasteiger charge is 2.10. The second kappa shape index (κ2) is 5.34. The highest BCUT2D eigenvalue weighted by molar-refractivity contribution is 6.30. The fraction of sp³-hybridized carbons (Fsp3) is 0.385. The fourth-order valence-corrected chi connectivity index (χ4v) is 1.69. The minimum absolute atomic E-state index is 0.444. The van der Waals surface area contributed by atoms with Crippen LogP contribution in [0.2, 0.25) is 5.02 Å². The van der Waals surface area contributed by atoms with Crippen LogP contribution in [-0.2, 0) is 0 Å². The van der Waals surface area contributed by atoms with Crippen LogP contribution in [0.25, 0.3) is 0 Å². The van der Waals surface area contributed by atoms with Gasteiger partial charge in [-0.3, -0.25) is 0 Å². The van der Waals surface area contributed by atoms with E-state index in [0.29, 0.717) is 11.4 Å². The molecule has 1 aromatic rings. The van der Waals surface area contributed by atoms with Gasteiger partial charge in [-0.05, 0) is 49.9 Å². The zero-order chi connectivity index (χ0) is 11.4. The van der Waals surface area contributed by atoms with E-state index in [0.717, 1.165) is 23.1 Å². The lowest BCUT2D eigenvalue weighted by molar-refractivity contribution is 0.167. The second-order valence-corrected chi connectivity index (χ2v) is 4.45. The molecule has 1 N–H and O–H groups in total. The number of benzene rings is 1. The van der Waals surface area contributed by atoms with Gasteiger partial charge in [-0.2, -0.15) is 0 Å². The first-order valence-corrected chi connectivity index (χ1v) is 5.47. The van der Waals surface area contributed by atoms with Gasteiger partial charge in [-0.15, -0.1) is 6.58 Å². The van der Waals surface area contributed by atoms with Crippen molar-refractivity contribution in [3.8, 4) is 0 Å². The molecule has 0 amide bonds. The molecule has 0 aliphatic carbocycles. The average Bonchev–Trinajstić information content (AvgIpc) is 2.18. The number of rotatable bonds is 4. The molecule has 15 heavy (non-hydrogen) atoms. The Kier molecular flexibility index (Phi) is 4.37. The van der Waals surface area contributed by atoms with Gasteiger partial charge in [0.15, 0.2) is 0 Å². The van der Waals surface area contributed by atoms with Crippen LogP contribution in [0.3, 0.4) is 0 Å². The first kappa shape index (κ1) is 12.3. The van der Waals surface area contributed by atoms with E-state index in [4.69, 9.17) is 11.6 Å². The van der Waals surface area contributed by atoms with E-state index >= 15 is 0 Å². The second-order valence-electron chi connectivity index (χ2n) is 4.01. The van der Waals surface area contributed by atoms with Crippen molar-refractivity contribution in [2.45, 2.75) is 32.8 Å². The molecule has 0 aromatic heterocycles. The molecule has 1 rings (SSSR count). The molecule has 0 aliphatic heterocycles. The lowest BCUT2D eigenvalue weighted by atomic mass is 9.99. The predicted molar refractivity (Wildman–Crippen MR) is 65.2 cm³/mol. The van der Waals surface area contributed by atoms with E-state index < -0.39 is 6.10 Å². The summed E-state index contributed by atoms with van der Waals surface area (Å²) in [4.78, 5) is 0. The van der Waals surface area contributed by atoms with Crippen molar-refractivity contribution in [3.63, 3.8) is 0 Å². The Morgan fingerprint density at radius 3 is 2.80 bits per heavy atom. The summed E-state index contributed by atoms with van der Waals surface area (Å²) >= 11 is 5.89. The highest BCUT2D eigenvalue weighted by atomic mass is 35.5. The van der Waals surface area contributed by atoms with E-state index in [9.17, 15) is 5.11 Å². The monoisotopic (exact) mass is 224 g/mol. The summed E-state index contributed by atoms with van der Waals surface area (Å²) in [6.07, 6.45) is 1.10. The van der Waals surface area contributed by atoms with Gasteiger partial charge in [0, 0.05) is 5.02 Å². The van der Waals surface area contributed by atoms with Crippen molar-refractivity contribution < 1.29 is 5.11 Å². The maximum absolute atomic E-state index is 9.97. The van der Waals surface area contributed by atoms with E-state index in [1.165, 1.54) is 0 Å². The molecule has 0 spiro atoms. The van der Waals surface area contributed by atoms with Gasteiger partial charge in [0.05, 0.1) is 6.10 Å². The summed E-state index contributed by atoms with van der Waals surface area (Å²) in [5.41, 5.74) is 3.09. The maximum Gasteiger partial charge on any atom is 0.0796 e. The Labute approximate surface area is 96.4 Å². The molecular weight excluding hydrogens is 208 g/mol. The number of halogens is 1. The molecular formula is C13H17ClO. The molecule has 0 radical (unpaired) electrons. The largest absolute Gasteiger partial charge is 0.388 e. The standard InChI is InChI=1S/C13H17ClO/c1-9(2)4-7-13(15)12-8-11(14)6-5-10(12)3/h5-6,8,13,15H,1,4,7H2,2-3H3. The van der Waals surface area contributed by atoms with Crippen LogP contribution in [0.4, 0.5) is 0 Å². The summed E-state index contributed by atoms with van der Waals surface area (Å²) in [6.45, 7) is 7.78. The molecule has 2 heteroatoms. The molecule has 0 saturated carbocycles. The summed E-state index contributed by atoms with van der Waals surface area (Å²) in [7, 11) is 0. The molecule has 0 heterocycles. The van der Waals surface area contributed by atoms with Gasteiger partial charge in [0.1, 0.15) is 0 Å². The van der Waals surface area contributed by atoms with Gasteiger partial charge in [0.25, 0.3) is 0 Å². The number of hydrogen-bond acceptors (Lipinski definition) is 1. The molecule has 1 nitrogen and oxygen atoms in total. The quantitative estimate of drug-likeness (QED) is 0.766. The Hall–Kier alpha value is -0.790. The van der Waals surface area contributed by atoms with E-state index in [1.807, 2.05) is 32.0 Å². The number of aliphatic hydroxyl groups is 1. The average molecular weight is 225 g/mol. The van der Waals surface area contributed by atoms with Gasteiger partial charge < -0.3 is 5.11 Å². The van der Waals surface area contributed by atoms with Crippen molar-refractivity contribution in [1.82, 2.24) is 0 Å². The first-order valence-electron chi connectivity index (χ1n) is 5.09. The maximum atomic E-state index is 9.97. The fourth-order valence-electron chi connectivity index (χ4n) is 1.51. The molecule has 0 bridgehead atoms. The summed E-state index contributed by atoms with van der Waals surface area (Å²) in [5, 5.41) is 10.6. The van der Waals surface area contributed by atoms with Gasteiger partial charge in [-0.25, -0.2) is 0 Å². The molecule has 82 valence electrons. The van der Waals surface area contributed by atoms with Crippen molar-refractivity contribution in [2.75, 3.05) is 0 Å². The Morgan fingerprint density at radius 2 is 2.20 bits per heavy atom. The normalized spacial score (nSPS) is 12.5. The number of aliphatic hydroxyl groups excluding tert-OH is 1. The van der Waals surface area contributed by atoms with Crippen molar-refractivity contribution in [3.05, 3.63) is 46.5 Å². The van der Waals surface area contributed by atoms with Crippen LogP contribution < -0.4 is 0 Å². The topological polar surface area (TPSA) is 20.2 Å². The van der Waals surface area contributed by atoms with Crippen LogP contribution in [-0.4, -0.2) is 5.11 Å². The Bertz CT molecular complexity index is 358. The van der Waals surface area contributed by atoms with E-state index in [2.05, 4.69) is 6.58 Å². The molecule has 1 unspecified atom stereocenters. The summed E-state index contributed by atoms with van der Waals surface area (Å²) in [6, 6.07) is 5.60. The minimum atomic E-state index is -0.444. The summed E-state index contributed by atoms with van der Waals surface area (Å²) < 4.78 is 0. The van der Waals surface area contributed by atoms with Crippen LogP contribution in [0.15, 0.2) is 30.4 Å². The lowest BCUT2D eigenvalue weighted by Crippen LogP contribution is -2.00. The third-order valence-corrected chi connectivity index (χ3v) is 2.68. The Balaban J connectivity index is 2.76. The minimum Gasteiger partial charge on any atom is -0.388 e. The molecule has 1 aromatic carbocycles. The molecule has 0 saturated heterocycles. The highest BCUT2D eigenvalue weighted by Crippen LogP contribution is 2.25. The molecule has 1 atom stereocenters. The van der Waals surface area contributed by atoms with Gasteiger partial charge in [-0.1, -0.05) is 23.2 Å². The van der Waals surface area contributed by atoms with Crippen molar-refractivity contribution >= 4 is 11.6 Å². The predicted octanol–water partition coefficient (Wildman–Crippen LogP) is 4.04. The number of hydrogen-bond donors (Lipinski definition) is 1. The third-order valence-electron chi connectivity index (χ3n) is 2.44. The van der Waals surface area contributed by atoms with E-state index in [-0.39, 0.29) is 0 Å². The molecule has 0 aliphatic rings. The van der Waals surface area contributed by atoms with Gasteiger partial charge in [0.2, 0.25) is 0 Å². The molecule has 0 fully saturated rings. The van der Waals surface area contributed by atoms with Crippen molar-refractivity contribution in [2.24, 2.45) is 0 Å². The zero-order valence-corrected chi connectivity index (χ0v) is 10.0. The third kappa shape index (κ3) is 3.69. The number of aryl methyl sites for hydroxylation is 1. The van der Waals surface area contributed by atoms with Crippen LogP contribution in [0.5, 0.6) is 0 Å². The van der Waals surface area contributed by atoms with Crippen molar-refractivity contribution in [1.29, 1.82) is 0 Å². The van der Waals surface area contributed by atoms with Gasteiger partial charge >= 0.3 is 0 Å². The van der Waals surface area contributed by atoms with Crippen LogP contribution >= 0.6 is 11.6 Å². The lowest BCUT2D eigenvalue weighted by Gasteiger charge is -2.14. The van der Waals surface area contributed by atoms with Crippen LogP contribution in [0, 0.1) is 6.92 Å². The zero-order valence-electron chi connectivity index (χ0n) is 9.26.